The van der Waals surface area contributed by atoms with Crippen LogP contribution in [-0.2, 0) is 37.3 Å². The molecule has 3 N–H and O–H groups in total. The summed E-state index contributed by atoms with van der Waals surface area (Å²) in [5.74, 6) is 1.07. The normalized spacial score (nSPS) is 18.9. The number of rotatable bonds is 6. The molecular weight excluding hydrogens is 428 g/mol. The van der Waals surface area contributed by atoms with Crippen molar-refractivity contribution in [3.63, 3.8) is 0 Å². The molecule has 0 atom stereocenters. The monoisotopic (exact) mass is 462 g/mol. The Hall–Kier alpha value is -2.02. The number of imidazole rings is 1. The highest BCUT2D eigenvalue weighted by Crippen LogP contribution is 2.31. The van der Waals surface area contributed by atoms with E-state index in [1.807, 2.05) is 6.20 Å². The van der Waals surface area contributed by atoms with Crippen LogP contribution >= 0.6 is 0 Å². The van der Waals surface area contributed by atoms with E-state index in [0.29, 0.717) is 19.7 Å². The van der Waals surface area contributed by atoms with Gasteiger partial charge in [-0.15, -0.1) is 0 Å². The molecule has 0 radical (unpaired) electrons. The molecule has 3 heterocycles. The average Bonchev–Trinajstić information content (AvgIpc) is 3.16. The van der Waals surface area contributed by atoms with Crippen LogP contribution in [0.4, 0.5) is 0 Å². The molecule has 0 amide bonds. The Morgan fingerprint density at radius 1 is 1.23 bits per heavy atom. The number of carboxylic acid groups (broad SMARTS) is 2. The summed E-state index contributed by atoms with van der Waals surface area (Å²) in [5, 5.41) is 13.8. The number of morpholine rings is 1. The topological polar surface area (TPSA) is 153 Å². The number of sulfonamides is 1. The number of nitrogens with zero attached hydrogens (tertiary/aromatic N) is 3. The highest BCUT2D eigenvalue weighted by Gasteiger charge is 2.41. The van der Waals surface area contributed by atoms with Gasteiger partial charge in [0.1, 0.15) is 5.82 Å². The number of aryl methyl sites for hydroxylation is 1. The SMILES string of the molecule is CCCCc1ncc(CN2CCC3(CC2)CN(S(C)(=O)=O)CCO3)[nH]1.O=CO.O=CO. The van der Waals surface area contributed by atoms with Crippen molar-refractivity contribution in [2.45, 2.75) is 51.2 Å². The lowest BCUT2D eigenvalue weighted by Gasteiger charge is -2.46. The zero-order valence-corrected chi connectivity index (χ0v) is 19.0. The molecule has 0 aliphatic carbocycles. The summed E-state index contributed by atoms with van der Waals surface area (Å²) in [6.07, 6.45) is 8.32. The van der Waals surface area contributed by atoms with Crippen LogP contribution in [0.2, 0.25) is 0 Å². The molecule has 0 unspecified atom stereocenters. The van der Waals surface area contributed by atoms with Gasteiger partial charge in [-0.1, -0.05) is 13.3 Å². The molecule has 1 aromatic rings. The highest BCUT2D eigenvalue weighted by molar-refractivity contribution is 7.88. The first-order valence-electron chi connectivity index (χ1n) is 10.2. The summed E-state index contributed by atoms with van der Waals surface area (Å²) in [5.41, 5.74) is 0.849. The van der Waals surface area contributed by atoms with E-state index >= 15 is 0 Å². The van der Waals surface area contributed by atoms with E-state index in [4.69, 9.17) is 24.5 Å². The first-order valence-corrected chi connectivity index (χ1v) is 12.1. The van der Waals surface area contributed by atoms with Gasteiger partial charge in [0.15, 0.2) is 0 Å². The number of piperidine rings is 1. The van der Waals surface area contributed by atoms with Gasteiger partial charge in [-0.3, -0.25) is 14.5 Å². The predicted molar refractivity (Wildman–Crippen MR) is 114 cm³/mol. The molecule has 2 aliphatic rings. The van der Waals surface area contributed by atoms with Crippen molar-refractivity contribution >= 4 is 23.0 Å². The van der Waals surface area contributed by atoms with E-state index in [1.54, 1.807) is 4.31 Å². The van der Waals surface area contributed by atoms with E-state index < -0.39 is 10.0 Å². The van der Waals surface area contributed by atoms with Crippen molar-refractivity contribution < 1.29 is 33.0 Å². The van der Waals surface area contributed by atoms with Crippen molar-refractivity contribution in [2.75, 3.05) is 39.0 Å². The van der Waals surface area contributed by atoms with E-state index in [1.165, 1.54) is 12.7 Å². The van der Waals surface area contributed by atoms with Gasteiger partial charge in [0.25, 0.3) is 12.9 Å². The van der Waals surface area contributed by atoms with Gasteiger partial charge in [-0.25, -0.2) is 13.4 Å². The van der Waals surface area contributed by atoms with Crippen LogP contribution in [0.15, 0.2) is 6.20 Å². The first kappa shape index (κ1) is 27.0. The molecule has 178 valence electrons. The van der Waals surface area contributed by atoms with Gasteiger partial charge in [-0.05, 0) is 19.3 Å². The van der Waals surface area contributed by atoms with Gasteiger partial charge in [0, 0.05) is 51.0 Å². The second kappa shape index (κ2) is 13.4. The van der Waals surface area contributed by atoms with Crippen LogP contribution in [0.1, 0.15) is 44.1 Å². The zero-order chi connectivity index (χ0) is 23.3. The fourth-order valence-electron chi connectivity index (χ4n) is 3.71. The Labute approximate surface area is 183 Å². The van der Waals surface area contributed by atoms with Gasteiger partial charge < -0.3 is 19.9 Å². The molecule has 3 rings (SSSR count). The fraction of sp³-hybridized carbons (Fsp3) is 0.737. The standard InChI is InChI=1S/C17H30N4O3S.2CH2O2/c1-3-4-5-16-18-12-15(19-16)13-20-8-6-17(7-9-20)14-21(10-11-24-17)25(2,22)23;2*2-1-3/h12H,3-11,13-14H2,1-2H3,(H,18,19);2*1H,(H,2,3). The van der Waals surface area contributed by atoms with Gasteiger partial charge >= 0.3 is 0 Å². The second-order valence-corrected chi connectivity index (χ2v) is 9.56. The molecule has 11 nitrogen and oxygen atoms in total. The minimum Gasteiger partial charge on any atom is -0.483 e. The lowest BCUT2D eigenvalue weighted by Crippen LogP contribution is -2.57. The summed E-state index contributed by atoms with van der Waals surface area (Å²) < 4.78 is 31.3. The van der Waals surface area contributed by atoms with E-state index in [-0.39, 0.29) is 18.5 Å². The minimum atomic E-state index is -3.14. The Morgan fingerprint density at radius 3 is 2.39 bits per heavy atom. The van der Waals surface area contributed by atoms with Crippen LogP contribution in [0.5, 0.6) is 0 Å². The van der Waals surface area contributed by atoms with E-state index in [0.717, 1.165) is 56.8 Å². The molecule has 31 heavy (non-hydrogen) atoms. The Balaban J connectivity index is 0.000000720. The van der Waals surface area contributed by atoms with Crippen LogP contribution < -0.4 is 0 Å². The summed E-state index contributed by atoms with van der Waals surface area (Å²) in [6, 6.07) is 0. The number of aromatic amines is 1. The Morgan fingerprint density at radius 2 is 1.84 bits per heavy atom. The largest absolute Gasteiger partial charge is 0.483 e. The van der Waals surface area contributed by atoms with Crippen molar-refractivity contribution in [3.05, 3.63) is 17.7 Å². The highest BCUT2D eigenvalue weighted by atomic mass is 32.2. The molecule has 1 aromatic heterocycles. The maximum absolute atomic E-state index is 11.8. The number of H-pyrrole nitrogens is 1. The van der Waals surface area contributed by atoms with Crippen LogP contribution in [0, 0.1) is 0 Å². The molecule has 0 bridgehead atoms. The lowest BCUT2D eigenvalue weighted by molar-refractivity contribution is -0.123. The van der Waals surface area contributed by atoms with Crippen LogP contribution in [0.25, 0.3) is 0 Å². The Kier molecular flexibility index (Phi) is 11.7. The van der Waals surface area contributed by atoms with Gasteiger partial charge in [0.2, 0.25) is 10.0 Å². The molecule has 0 saturated carbocycles. The van der Waals surface area contributed by atoms with Gasteiger partial charge in [-0.2, -0.15) is 4.31 Å². The number of aromatic nitrogens is 2. The van der Waals surface area contributed by atoms with Crippen molar-refractivity contribution in [3.8, 4) is 0 Å². The maximum atomic E-state index is 11.8. The number of nitrogens with one attached hydrogen (secondary N) is 1. The Bertz CT molecular complexity index is 755. The van der Waals surface area contributed by atoms with Crippen molar-refractivity contribution in [1.82, 2.24) is 19.2 Å². The number of ether oxygens (including phenoxy) is 1. The third-order valence-electron chi connectivity index (χ3n) is 5.29. The molecule has 0 aromatic carbocycles. The molecule has 1 spiro atoms. The molecule has 2 fully saturated rings. The molecule has 2 saturated heterocycles. The van der Waals surface area contributed by atoms with E-state index in [2.05, 4.69) is 21.8 Å². The maximum Gasteiger partial charge on any atom is 0.290 e. The third kappa shape index (κ3) is 9.33. The summed E-state index contributed by atoms with van der Waals surface area (Å²) in [4.78, 5) is 27.0. The van der Waals surface area contributed by atoms with E-state index in [9.17, 15) is 8.42 Å². The zero-order valence-electron chi connectivity index (χ0n) is 18.2. The smallest absolute Gasteiger partial charge is 0.290 e. The van der Waals surface area contributed by atoms with Crippen molar-refractivity contribution in [2.24, 2.45) is 0 Å². The van der Waals surface area contributed by atoms with Crippen molar-refractivity contribution in [1.29, 1.82) is 0 Å². The number of carbonyl (C=O) groups is 2. The predicted octanol–water partition coefficient (Wildman–Crippen LogP) is 0.780. The second-order valence-electron chi connectivity index (χ2n) is 7.57. The summed E-state index contributed by atoms with van der Waals surface area (Å²) in [7, 11) is -3.14. The number of unbranched alkanes of at least 4 members (excludes halogenated alkanes) is 1. The number of hydrogen-bond acceptors (Lipinski definition) is 7. The number of hydrogen-bond donors (Lipinski definition) is 3. The summed E-state index contributed by atoms with van der Waals surface area (Å²) >= 11 is 0. The molecular formula is C19H34N4O7S. The lowest BCUT2D eigenvalue weighted by atomic mass is 9.90. The summed E-state index contributed by atoms with van der Waals surface area (Å²) in [6.45, 7) is 5.84. The van der Waals surface area contributed by atoms with Crippen LogP contribution in [0.3, 0.4) is 0 Å². The van der Waals surface area contributed by atoms with Crippen LogP contribution in [-0.4, -0.2) is 95.4 Å². The average molecular weight is 463 g/mol. The molecule has 12 heteroatoms. The quantitative estimate of drug-likeness (QED) is 0.520. The van der Waals surface area contributed by atoms with Gasteiger partial charge in [0.05, 0.1) is 18.5 Å². The fourth-order valence-corrected chi connectivity index (χ4v) is 4.59. The third-order valence-corrected chi connectivity index (χ3v) is 6.54. The first-order chi connectivity index (χ1) is 14.7. The number of likely N-dealkylation sites (tertiary alicyclic amines) is 1. The minimum absolute atomic E-state index is 0.250. The molecule has 2 aliphatic heterocycles.